The van der Waals surface area contributed by atoms with Crippen LogP contribution in [0.2, 0.25) is 0 Å². The molecule has 2 aromatic rings. The maximum atomic E-state index is 13.1. The van der Waals surface area contributed by atoms with Gasteiger partial charge in [-0.2, -0.15) is 0 Å². The largest absolute Gasteiger partial charge is 0.494 e. The van der Waals surface area contributed by atoms with Gasteiger partial charge in [-0.05, 0) is 68.1 Å². The summed E-state index contributed by atoms with van der Waals surface area (Å²) in [6, 6.07) is 15.0. The number of benzene rings is 2. The third kappa shape index (κ3) is 3.96. The van der Waals surface area contributed by atoms with Gasteiger partial charge in [-0.25, -0.2) is 8.42 Å². The predicted octanol–water partition coefficient (Wildman–Crippen LogP) is 3.60. The van der Waals surface area contributed by atoms with E-state index in [2.05, 4.69) is 0 Å². The molecule has 1 atom stereocenters. The average Bonchev–Trinajstić information content (AvgIpc) is 3.35. The molecule has 0 saturated carbocycles. The van der Waals surface area contributed by atoms with E-state index in [1.54, 1.807) is 24.3 Å². The van der Waals surface area contributed by atoms with Crippen LogP contribution in [0.1, 0.15) is 48.1 Å². The number of anilines is 1. The van der Waals surface area contributed by atoms with Crippen molar-refractivity contribution >= 4 is 21.6 Å². The number of hydrogen-bond donors (Lipinski definition) is 0. The minimum absolute atomic E-state index is 0.0165. The van der Waals surface area contributed by atoms with E-state index in [9.17, 15) is 13.2 Å². The number of rotatable bonds is 5. The van der Waals surface area contributed by atoms with E-state index >= 15 is 0 Å². The van der Waals surface area contributed by atoms with Crippen LogP contribution in [0.15, 0.2) is 48.5 Å². The normalized spacial score (nSPS) is 20.8. The molecule has 2 aliphatic rings. The van der Waals surface area contributed by atoms with Gasteiger partial charge in [0, 0.05) is 18.7 Å². The lowest BCUT2D eigenvalue weighted by molar-refractivity contribution is 0.0735. The first kappa shape index (κ1) is 19.8. The van der Waals surface area contributed by atoms with Gasteiger partial charge in [0.15, 0.2) is 0 Å². The minimum Gasteiger partial charge on any atom is -0.494 e. The van der Waals surface area contributed by atoms with Crippen LogP contribution in [0.3, 0.4) is 0 Å². The van der Waals surface area contributed by atoms with Crippen LogP contribution in [0.25, 0.3) is 0 Å². The number of carbonyl (C=O) groups excluding carboxylic acids is 1. The predicted molar refractivity (Wildman–Crippen MR) is 113 cm³/mol. The quantitative estimate of drug-likeness (QED) is 0.750. The van der Waals surface area contributed by atoms with Crippen LogP contribution in [0, 0.1) is 0 Å². The van der Waals surface area contributed by atoms with Gasteiger partial charge < -0.3 is 9.64 Å². The first-order valence-electron chi connectivity index (χ1n) is 10.1. The number of sulfonamides is 1. The van der Waals surface area contributed by atoms with Gasteiger partial charge in [0.2, 0.25) is 10.0 Å². The van der Waals surface area contributed by atoms with Gasteiger partial charge in [0.1, 0.15) is 5.75 Å². The molecule has 7 heteroatoms. The number of carbonyl (C=O) groups is 1. The summed E-state index contributed by atoms with van der Waals surface area (Å²) < 4.78 is 31.1. The molecule has 2 fully saturated rings. The zero-order valence-corrected chi connectivity index (χ0v) is 17.4. The zero-order valence-electron chi connectivity index (χ0n) is 16.6. The molecule has 0 N–H and O–H groups in total. The highest BCUT2D eigenvalue weighted by Gasteiger charge is 2.31. The molecule has 154 valence electrons. The number of nitrogens with zero attached hydrogens (tertiary/aromatic N) is 2. The van der Waals surface area contributed by atoms with E-state index in [4.69, 9.17) is 4.74 Å². The second-order valence-corrected chi connectivity index (χ2v) is 9.46. The van der Waals surface area contributed by atoms with Crippen molar-refractivity contribution < 1.29 is 17.9 Å². The maximum Gasteiger partial charge on any atom is 0.254 e. The summed E-state index contributed by atoms with van der Waals surface area (Å²) in [7, 11) is -3.21. The molecule has 6 nitrogen and oxygen atoms in total. The van der Waals surface area contributed by atoms with Crippen LogP contribution >= 0.6 is 0 Å². The molecular weight excluding hydrogens is 388 g/mol. The highest BCUT2D eigenvalue weighted by atomic mass is 32.2. The summed E-state index contributed by atoms with van der Waals surface area (Å²) in [5, 5.41) is 0. The topological polar surface area (TPSA) is 66.9 Å². The summed E-state index contributed by atoms with van der Waals surface area (Å²) in [6.07, 6.45) is 2.54. The molecule has 2 aliphatic heterocycles. The van der Waals surface area contributed by atoms with Crippen molar-refractivity contribution in [3.63, 3.8) is 0 Å². The fourth-order valence-corrected chi connectivity index (χ4v) is 5.74. The second-order valence-electron chi connectivity index (χ2n) is 7.45. The van der Waals surface area contributed by atoms with Crippen molar-refractivity contribution in [2.75, 3.05) is 29.8 Å². The van der Waals surface area contributed by atoms with Crippen LogP contribution < -0.4 is 9.04 Å². The lowest BCUT2D eigenvalue weighted by atomic mass is 10.0. The van der Waals surface area contributed by atoms with Crippen molar-refractivity contribution in [1.29, 1.82) is 0 Å². The summed E-state index contributed by atoms with van der Waals surface area (Å²) in [6.45, 7) is 3.80. The fraction of sp³-hybridized carbons (Fsp3) is 0.409. The Morgan fingerprint density at radius 3 is 2.38 bits per heavy atom. The van der Waals surface area contributed by atoms with Crippen molar-refractivity contribution in [3.8, 4) is 5.75 Å². The van der Waals surface area contributed by atoms with Crippen molar-refractivity contribution in [2.45, 2.75) is 32.2 Å². The summed E-state index contributed by atoms with van der Waals surface area (Å²) in [5.74, 6) is 1.00. The first-order chi connectivity index (χ1) is 14.0. The van der Waals surface area contributed by atoms with Gasteiger partial charge in [-0.1, -0.05) is 12.1 Å². The second kappa shape index (κ2) is 8.06. The number of ether oxygens (including phenoxy) is 1. The van der Waals surface area contributed by atoms with Gasteiger partial charge in [0.05, 0.1) is 24.1 Å². The number of hydrogen-bond acceptors (Lipinski definition) is 4. The molecule has 0 spiro atoms. The molecule has 0 aromatic heterocycles. The molecule has 0 radical (unpaired) electrons. The number of likely N-dealkylation sites (tertiary alicyclic amines) is 1. The summed E-state index contributed by atoms with van der Waals surface area (Å²) >= 11 is 0. The van der Waals surface area contributed by atoms with Gasteiger partial charge >= 0.3 is 0 Å². The molecular formula is C22H26N2O4S. The SMILES string of the molecule is CCOc1ccc(C2CCCN2C(=O)c2ccc(N3CCCS3(=O)=O)cc2)cc1. The van der Waals surface area contributed by atoms with E-state index < -0.39 is 10.0 Å². The highest BCUT2D eigenvalue weighted by molar-refractivity contribution is 7.93. The third-order valence-electron chi connectivity index (χ3n) is 5.59. The Kier molecular flexibility index (Phi) is 5.50. The van der Waals surface area contributed by atoms with E-state index in [1.807, 2.05) is 36.1 Å². The Morgan fingerprint density at radius 1 is 1.03 bits per heavy atom. The Bertz CT molecular complexity index is 971. The fourth-order valence-electron chi connectivity index (χ4n) is 4.17. The van der Waals surface area contributed by atoms with Crippen molar-refractivity contribution in [1.82, 2.24) is 4.90 Å². The molecule has 0 aliphatic carbocycles. The lowest BCUT2D eigenvalue weighted by Gasteiger charge is -2.26. The molecule has 2 heterocycles. The molecule has 4 rings (SSSR count). The summed E-state index contributed by atoms with van der Waals surface area (Å²) in [4.78, 5) is 15.0. The molecule has 2 aromatic carbocycles. The Balaban J connectivity index is 1.51. The minimum atomic E-state index is -3.21. The van der Waals surface area contributed by atoms with Crippen LogP contribution in [-0.2, 0) is 10.0 Å². The van der Waals surface area contributed by atoms with Crippen molar-refractivity contribution in [2.24, 2.45) is 0 Å². The van der Waals surface area contributed by atoms with E-state index in [0.717, 1.165) is 30.7 Å². The molecule has 1 amide bonds. The molecule has 0 bridgehead atoms. The smallest absolute Gasteiger partial charge is 0.254 e. The van der Waals surface area contributed by atoms with E-state index in [0.29, 0.717) is 30.8 Å². The number of amides is 1. The monoisotopic (exact) mass is 414 g/mol. The van der Waals surface area contributed by atoms with Crippen LogP contribution in [-0.4, -0.2) is 44.7 Å². The Labute approximate surface area is 172 Å². The maximum absolute atomic E-state index is 13.1. The van der Waals surface area contributed by atoms with E-state index in [-0.39, 0.29) is 17.7 Å². The molecule has 1 unspecified atom stereocenters. The van der Waals surface area contributed by atoms with Gasteiger partial charge in [-0.3, -0.25) is 9.10 Å². The van der Waals surface area contributed by atoms with Crippen molar-refractivity contribution in [3.05, 3.63) is 59.7 Å². The average molecular weight is 415 g/mol. The van der Waals surface area contributed by atoms with Crippen LogP contribution in [0.5, 0.6) is 5.75 Å². The van der Waals surface area contributed by atoms with Gasteiger partial charge in [0.25, 0.3) is 5.91 Å². The third-order valence-corrected chi connectivity index (χ3v) is 7.46. The molecule has 29 heavy (non-hydrogen) atoms. The lowest BCUT2D eigenvalue weighted by Crippen LogP contribution is -2.30. The highest BCUT2D eigenvalue weighted by Crippen LogP contribution is 2.34. The summed E-state index contributed by atoms with van der Waals surface area (Å²) in [5.41, 5.74) is 2.32. The Hall–Kier alpha value is -2.54. The Morgan fingerprint density at radius 2 is 1.76 bits per heavy atom. The first-order valence-corrected chi connectivity index (χ1v) is 11.7. The van der Waals surface area contributed by atoms with E-state index in [1.165, 1.54) is 4.31 Å². The van der Waals surface area contributed by atoms with Crippen LogP contribution in [0.4, 0.5) is 5.69 Å². The standard InChI is InChI=1S/C22H26N2O4S/c1-2-28-20-12-8-17(9-13-20)21-5-3-14-23(21)22(25)18-6-10-19(11-7-18)24-15-4-16-29(24,26)27/h6-13,21H,2-5,14-16H2,1H3. The molecule has 2 saturated heterocycles. The zero-order chi connectivity index (χ0) is 20.4. The van der Waals surface area contributed by atoms with Gasteiger partial charge in [-0.15, -0.1) is 0 Å².